The Balaban J connectivity index is 3.30. The normalized spacial score (nSPS) is 11.7. The molecule has 0 aliphatic heterocycles. The molecule has 0 amide bonds. The number of halogens is 3. The molecule has 2 nitrogen and oxygen atoms in total. The van der Waals surface area contributed by atoms with Crippen LogP contribution in [0.3, 0.4) is 0 Å². The molecule has 19 heavy (non-hydrogen) atoms. The molecule has 0 saturated heterocycles. The maximum atomic E-state index is 13.1. The van der Waals surface area contributed by atoms with E-state index in [0.29, 0.717) is 6.29 Å². The molecule has 0 N–H and O–H groups in total. The number of alkyl halides is 3. The van der Waals surface area contributed by atoms with Crippen LogP contribution in [0.1, 0.15) is 42.6 Å². The topological polar surface area (TPSA) is 20.3 Å². The fourth-order valence-corrected chi connectivity index (χ4v) is 2.19. The summed E-state index contributed by atoms with van der Waals surface area (Å²) in [6, 6.07) is 3.73. The summed E-state index contributed by atoms with van der Waals surface area (Å²) in [7, 11) is 1.66. The molecule has 106 valence electrons. The van der Waals surface area contributed by atoms with E-state index in [1.165, 1.54) is 12.1 Å². The smallest absolute Gasteiger partial charge is 0.371 e. The summed E-state index contributed by atoms with van der Waals surface area (Å²) in [6.45, 7) is 3.88. The predicted octanol–water partition coefficient (Wildman–Crippen LogP) is 4.14. The van der Waals surface area contributed by atoms with Crippen molar-refractivity contribution in [3.05, 3.63) is 29.3 Å². The molecule has 0 spiro atoms. The van der Waals surface area contributed by atoms with Crippen LogP contribution in [-0.2, 0) is 6.18 Å². The molecule has 0 heterocycles. The van der Waals surface area contributed by atoms with E-state index in [4.69, 9.17) is 0 Å². The van der Waals surface area contributed by atoms with E-state index in [2.05, 4.69) is 0 Å². The first kappa shape index (κ1) is 15.5. The summed E-state index contributed by atoms with van der Waals surface area (Å²) in [4.78, 5) is 12.3. The zero-order chi connectivity index (χ0) is 14.6. The Hall–Kier alpha value is -1.52. The fourth-order valence-electron chi connectivity index (χ4n) is 2.19. The highest BCUT2D eigenvalue weighted by Crippen LogP contribution is 2.37. The van der Waals surface area contributed by atoms with Gasteiger partial charge in [0.2, 0.25) is 0 Å². The van der Waals surface area contributed by atoms with Crippen LogP contribution in [0.5, 0.6) is 0 Å². The van der Waals surface area contributed by atoms with Crippen molar-refractivity contribution in [3.63, 3.8) is 0 Å². The Labute approximate surface area is 111 Å². The van der Waals surface area contributed by atoms with E-state index in [9.17, 15) is 18.0 Å². The van der Waals surface area contributed by atoms with Crippen LogP contribution in [0.4, 0.5) is 18.9 Å². The van der Waals surface area contributed by atoms with Crippen LogP contribution in [0.25, 0.3) is 0 Å². The summed E-state index contributed by atoms with van der Waals surface area (Å²) < 4.78 is 39.2. The lowest BCUT2D eigenvalue weighted by Gasteiger charge is -2.30. The van der Waals surface area contributed by atoms with Crippen LogP contribution in [0.2, 0.25) is 0 Å². The Morgan fingerprint density at radius 1 is 1.26 bits per heavy atom. The minimum atomic E-state index is -4.46. The van der Waals surface area contributed by atoms with Crippen LogP contribution in [-0.4, -0.2) is 19.4 Å². The highest BCUT2D eigenvalue weighted by molar-refractivity contribution is 5.77. The summed E-state index contributed by atoms with van der Waals surface area (Å²) in [5.41, 5.74) is -0.604. The number of carbonyl (C=O) groups is 1. The van der Waals surface area contributed by atoms with Gasteiger partial charge in [-0.1, -0.05) is 13.8 Å². The van der Waals surface area contributed by atoms with Crippen LogP contribution >= 0.6 is 0 Å². The highest BCUT2D eigenvalue weighted by Gasteiger charge is 2.35. The van der Waals surface area contributed by atoms with Crippen LogP contribution < -0.4 is 4.90 Å². The van der Waals surface area contributed by atoms with Crippen molar-refractivity contribution in [1.82, 2.24) is 0 Å². The molecule has 1 rings (SSSR count). The van der Waals surface area contributed by atoms with Gasteiger partial charge in [-0.2, -0.15) is 13.2 Å². The first-order valence-electron chi connectivity index (χ1n) is 6.24. The van der Waals surface area contributed by atoms with Gasteiger partial charge in [-0.25, -0.2) is 0 Å². The van der Waals surface area contributed by atoms with Crippen LogP contribution in [0, 0.1) is 0 Å². The first-order valence-corrected chi connectivity index (χ1v) is 6.24. The second-order valence-corrected chi connectivity index (χ2v) is 4.47. The van der Waals surface area contributed by atoms with E-state index in [1.54, 1.807) is 11.9 Å². The van der Waals surface area contributed by atoms with E-state index in [-0.39, 0.29) is 17.3 Å². The largest absolute Gasteiger partial charge is 0.418 e. The second-order valence-electron chi connectivity index (χ2n) is 4.47. The number of nitrogens with zero attached hydrogens (tertiary/aromatic N) is 1. The monoisotopic (exact) mass is 273 g/mol. The lowest BCUT2D eigenvalue weighted by Crippen LogP contribution is -2.32. The third-order valence-electron chi connectivity index (χ3n) is 3.33. The molecule has 0 saturated carbocycles. The zero-order valence-corrected chi connectivity index (χ0v) is 11.3. The molecular formula is C14H18F3NO. The maximum Gasteiger partial charge on any atom is 0.418 e. The second kappa shape index (κ2) is 6.08. The van der Waals surface area contributed by atoms with Crippen molar-refractivity contribution in [2.24, 2.45) is 0 Å². The van der Waals surface area contributed by atoms with Gasteiger partial charge in [0.25, 0.3) is 0 Å². The van der Waals surface area contributed by atoms with Crippen molar-refractivity contribution in [3.8, 4) is 0 Å². The lowest BCUT2D eigenvalue weighted by atomic mass is 10.0. The Bertz CT molecular complexity index is 439. The van der Waals surface area contributed by atoms with Gasteiger partial charge in [0, 0.05) is 24.3 Å². The molecule has 0 aromatic heterocycles. The maximum absolute atomic E-state index is 13.1. The number of carbonyl (C=O) groups excluding carboxylic acids is 1. The summed E-state index contributed by atoms with van der Waals surface area (Å²) in [6.07, 6.45) is -2.51. The third-order valence-corrected chi connectivity index (χ3v) is 3.33. The molecule has 1 aromatic carbocycles. The van der Waals surface area contributed by atoms with Gasteiger partial charge in [-0.15, -0.1) is 0 Å². The number of hydrogen-bond acceptors (Lipinski definition) is 2. The SMILES string of the molecule is CCC(CC)N(C)c1ccc(C=O)cc1C(F)(F)F. The molecular weight excluding hydrogens is 255 g/mol. The minimum absolute atomic E-state index is 0.0361. The van der Waals surface area contributed by atoms with Crippen LogP contribution in [0.15, 0.2) is 18.2 Å². The number of aldehydes is 1. The van der Waals surface area contributed by atoms with E-state index in [1.807, 2.05) is 13.8 Å². The molecule has 0 bridgehead atoms. The molecule has 0 radical (unpaired) electrons. The van der Waals surface area contributed by atoms with E-state index >= 15 is 0 Å². The van der Waals surface area contributed by atoms with Gasteiger partial charge in [0.15, 0.2) is 0 Å². The van der Waals surface area contributed by atoms with Crippen molar-refractivity contribution in [1.29, 1.82) is 0 Å². The third kappa shape index (κ3) is 3.49. The molecule has 0 aliphatic rings. The lowest BCUT2D eigenvalue weighted by molar-refractivity contribution is -0.137. The van der Waals surface area contributed by atoms with Gasteiger partial charge >= 0.3 is 6.18 Å². The average Bonchev–Trinajstić information content (AvgIpc) is 2.38. The Morgan fingerprint density at radius 3 is 2.26 bits per heavy atom. The molecule has 0 fully saturated rings. The van der Waals surface area contributed by atoms with E-state index < -0.39 is 11.7 Å². The van der Waals surface area contributed by atoms with Gasteiger partial charge in [-0.3, -0.25) is 4.79 Å². The summed E-state index contributed by atoms with van der Waals surface area (Å²) >= 11 is 0. The molecule has 5 heteroatoms. The molecule has 1 aromatic rings. The van der Waals surface area contributed by atoms with Gasteiger partial charge in [-0.05, 0) is 31.0 Å². The Kier molecular flexibility index (Phi) is 4.97. The highest BCUT2D eigenvalue weighted by atomic mass is 19.4. The first-order chi connectivity index (χ1) is 8.85. The van der Waals surface area contributed by atoms with E-state index in [0.717, 1.165) is 18.9 Å². The predicted molar refractivity (Wildman–Crippen MR) is 69.6 cm³/mol. The number of rotatable bonds is 5. The fraction of sp³-hybridized carbons (Fsp3) is 0.500. The molecule has 0 atom stereocenters. The minimum Gasteiger partial charge on any atom is -0.371 e. The number of anilines is 1. The van der Waals surface area contributed by atoms with Crippen molar-refractivity contribution in [2.45, 2.75) is 38.9 Å². The zero-order valence-electron chi connectivity index (χ0n) is 11.3. The molecule has 0 aliphatic carbocycles. The molecule has 0 unspecified atom stereocenters. The average molecular weight is 273 g/mol. The quantitative estimate of drug-likeness (QED) is 0.751. The Morgan fingerprint density at radius 2 is 1.84 bits per heavy atom. The van der Waals surface area contributed by atoms with Crippen molar-refractivity contribution in [2.75, 3.05) is 11.9 Å². The van der Waals surface area contributed by atoms with Gasteiger partial charge in [0.05, 0.1) is 5.56 Å². The number of benzene rings is 1. The van der Waals surface area contributed by atoms with Gasteiger partial charge < -0.3 is 4.90 Å². The summed E-state index contributed by atoms with van der Waals surface area (Å²) in [5.74, 6) is 0. The van der Waals surface area contributed by atoms with Crippen molar-refractivity contribution >= 4 is 12.0 Å². The number of hydrogen-bond donors (Lipinski definition) is 0. The van der Waals surface area contributed by atoms with Gasteiger partial charge in [0.1, 0.15) is 6.29 Å². The summed E-state index contributed by atoms with van der Waals surface area (Å²) in [5, 5.41) is 0. The standard InChI is InChI=1S/C14H18F3NO/c1-4-11(5-2)18(3)13-7-6-10(9-19)8-12(13)14(15,16)17/h6-9,11H,4-5H2,1-3H3. The van der Waals surface area contributed by atoms with Crippen molar-refractivity contribution < 1.29 is 18.0 Å².